The van der Waals surface area contributed by atoms with Gasteiger partial charge in [-0.25, -0.2) is 4.98 Å². The van der Waals surface area contributed by atoms with Crippen molar-refractivity contribution in [1.82, 2.24) is 9.88 Å². The molecule has 0 saturated carbocycles. The lowest BCUT2D eigenvalue weighted by molar-refractivity contribution is -0.137. The number of carbonyl (C=O) groups is 1. The fraction of sp³-hybridized carbons (Fsp3) is 0.583. The Morgan fingerprint density at radius 2 is 2.35 bits per heavy atom. The van der Waals surface area contributed by atoms with Crippen LogP contribution in [-0.2, 0) is 11.3 Å². The first-order valence-electron chi connectivity index (χ1n) is 5.50. The van der Waals surface area contributed by atoms with Crippen LogP contribution >= 0.6 is 11.3 Å². The predicted octanol–water partition coefficient (Wildman–Crippen LogP) is 2.35. The van der Waals surface area contributed by atoms with E-state index in [-0.39, 0.29) is 5.91 Å². The van der Waals surface area contributed by atoms with E-state index >= 15 is 0 Å². The van der Waals surface area contributed by atoms with Gasteiger partial charge in [-0.3, -0.25) is 4.79 Å². The van der Waals surface area contributed by atoms with E-state index in [0.717, 1.165) is 10.7 Å². The molecular weight excluding hydrogens is 234 g/mol. The lowest BCUT2D eigenvalue weighted by atomic mass is 9.88. The third-order valence-corrected chi connectivity index (χ3v) is 3.66. The molecule has 0 aliphatic rings. The molecule has 92 valence electrons. The number of nitriles is 1. The van der Waals surface area contributed by atoms with E-state index in [0.29, 0.717) is 13.0 Å². The Morgan fingerprint density at radius 3 is 2.76 bits per heavy atom. The van der Waals surface area contributed by atoms with E-state index in [2.05, 4.69) is 11.1 Å². The van der Waals surface area contributed by atoms with Crippen LogP contribution in [-0.4, -0.2) is 22.8 Å². The van der Waals surface area contributed by atoms with Crippen LogP contribution in [0.4, 0.5) is 0 Å². The van der Waals surface area contributed by atoms with Crippen LogP contribution in [0.15, 0.2) is 5.38 Å². The highest BCUT2D eigenvalue weighted by Crippen LogP contribution is 2.23. The number of hydrogen-bond acceptors (Lipinski definition) is 4. The van der Waals surface area contributed by atoms with E-state index in [1.54, 1.807) is 30.2 Å². The zero-order valence-corrected chi connectivity index (χ0v) is 11.5. The van der Waals surface area contributed by atoms with Gasteiger partial charge >= 0.3 is 0 Å². The molecule has 4 nitrogen and oxygen atoms in total. The first kappa shape index (κ1) is 13.7. The summed E-state index contributed by atoms with van der Waals surface area (Å²) in [7, 11) is 1.71. The highest BCUT2D eigenvalue weighted by molar-refractivity contribution is 7.09. The molecule has 0 radical (unpaired) electrons. The van der Waals surface area contributed by atoms with Crippen LogP contribution < -0.4 is 0 Å². The molecule has 1 rings (SSSR count). The van der Waals surface area contributed by atoms with Crippen molar-refractivity contribution < 1.29 is 4.79 Å². The second-order valence-electron chi connectivity index (χ2n) is 4.32. The third-order valence-electron chi connectivity index (χ3n) is 2.84. The summed E-state index contributed by atoms with van der Waals surface area (Å²) in [5.41, 5.74) is -0.0560. The molecule has 0 aliphatic carbocycles. The van der Waals surface area contributed by atoms with Crippen LogP contribution in [0.3, 0.4) is 0 Å². The van der Waals surface area contributed by atoms with Crippen LogP contribution in [0, 0.1) is 23.7 Å². The molecule has 1 aromatic rings. The van der Waals surface area contributed by atoms with Crippen molar-refractivity contribution in [2.45, 2.75) is 33.7 Å². The summed E-state index contributed by atoms with van der Waals surface area (Å²) in [5.74, 6) is -0.145. The van der Waals surface area contributed by atoms with Gasteiger partial charge < -0.3 is 4.90 Å². The number of carbonyl (C=O) groups excluding carboxylic acids is 1. The normalized spacial score (nSPS) is 13.8. The highest BCUT2D eigenvalue weighted by atomic mass is 32.1. The molecule has 0 spiro atoms. The number of amides is 1. The van der Waals surface area contributed by atoms with Crippen molar-refractivity contribution in [2.75, 3.05) is 7.05 Å². The van der Waals surface area contributed by atoms with Gasteiger partial charge in [0.2, 0.25) is 5.91 Å². The standard InChI is InChI=1S/C12H17N3OS/c1-5-12(3,8-13)11(16)15(4)6-10-7-17-9(2)14-10/h7H,5-6H2,1-4H3. The molecular formula is C12H17N3OS. The zero-order valence-electron chi connectivity index (χ0n) is 10.6. The fourth-order valence-electron chi connectivity index (χ4n) is 1.50. The van der Waals surface area contributed by atoms with Crippen molar-refractivity contribution >= 4 is 17.2 Å². The van der Waals surface area contributed by atoms with Crippen molar-refractivity contribution in [3.8, 4) is 6.07 Å². The lowest BCUT2D eigenvalue weighted by Gasteiger charge is -2.25. The molecule has 0 bridgehead atoms. The van der Waals surface area contributed by atoms with Gasteiger partial charge in [0, 0.05) is 12.4 Å². The zero-order chi connectivity index (χ0) is 13.1. The monoisotopic (exact) mass is 251 g/mol. The summed E-state index contributed by atoms with van der Waals surface area (Å²) >= 11 is 1.56. The molecule has 0 aromatic carbocycles. The van der Waals surface area contributed by atoms with Gasteiger partial charge in [0.15, 0.2) is 0 Å². The summed E-state index contributed by atoms with van der Waals surface area (Å²) in [6.07, 6.45) is 0.517. The van der Waals surface area contributed by atoms with Crippen LogP contribution in [0.1, 0.15) is 31.0 Å². The van der Waals surface area contributed by atoms with Gasteiger partial charge in [0.1, 0.15) is 5.41 Å². The number of hydrogen-bond donors (Lipinski definition) is 0. The molecule has 1 atom stereocenters. The maximum absolute atomic E-state index is 12.1. The van der Waals surface area contributed by atoms with Gasteiger partial charge in [-0.05, 0) is 20.3 Å². The number of thiazole rings is 1. The number of aromatic nitrogens is 1. The molecule has 1 unspecified atom stereocenters. The largest absolute Gasteiger partial charge is 0.338 e. The molecule has 1 heterocycles. The Hall–Kier alpha value is -1.41. The van der Waals surface area contributed by atoms with Gasteiger partial charge in [0.05, 0.1) is 23.3 Å². The van der Waals surface area contributed by atoms with Gasteiger partial charge in [0.25, 0.3) is 0 Å². The van der Waals surface area contributed by atoms with Crippen molar-refractivity contribution in [2.24, 2.45) is 5.41 Å². The second kappa shape index (κ2) is 5.28. The van der Waals surface area contributed by atoms with Crippen molar-refractivity contribution in [3.63, 3.8) is 0 Å². The molecule has 17 heavy (non-hydrogen) atoms. The van der Waals surface area contributed by atoms with E-state index < -0.39 is 5.41 Å². The summed E-state index contributed by atoms with van der Waals surface area (Å²) in [5, 5.41) is 12.0. The summed E-state index contributed by atoms with van der Waals surface area (Å²) < 4.78 is 0. The number of aryl methyl sites for hydroxylation is 1. The third kappa shape index (κ3) is 3.04. The minimum absolute atomic E-state index is 0.145. The first-order valence-corrected chi connectivity index (χ1v) is 6.38. The number of nitrogens with zero attached hydrogens (tertiary/aromatic N) is 3. The molecule has 0 N–H and O–H groups in total. The minimum atomic E-state index is -0.931. The Kier molecular flexibility index (Phi) is 4.24. The molecule has 0 aliphatic heterocycles. The Bertz CT molecular complexity index is 449. The van der Waals surface area contributed by atoms with Crippen LogP contribution in [0.25, 0.3) is 0 Å². The summed E-state index contributed by atoms with van der Waals surface area (Å²) in [6, 6.07) is 2.09. The average Bonchev–Trinajstić information content (AvgIpc) is 2.72. The Balaban J connectivity index is 2.74. The first-order chi connectivity index (χ1) is 7.92. The van der Waals surface area contributed by atoms with Crippen LogP contribution in [0.5, 0.6) is 0 Å². The summed E-state index contributed by atoms with van der Waals surface area (Å²) in [6.45, 7) is 5.92. The maximum atomic E-state index is 12.1. The van der Waals surface area contributed by atoms with Crippen molar-refractivity contribution in [3.05, 3.63) is 16.1 Å². The fourth-order valence-corrected chi connectivity index (χ4v) is 2.10. The number of rotatable bonds is 4. The average molecular weight is 251 g/mol. The molecule has 0 fully saturated rings. The van der Waals surface area contributed by atoms with E-state index in [4.69, 9.17) is 5.26 Å². The minimum Gasteiger partial charge on any atom is -0.338 e. The molecule has 1 aromatic heterocycles. The highest BCUT2D eigenvalue weighted by Gasteiger charge is 2.33. The van der Waals surface area contributed by atoms with Gasteiger partial charge in [-0.1, -0.05) is 6.92 Å². The molecule has 5 heteroatoms. The second-order valence-corrected chi connectivity index (χ2v) is 5.38. The topological polar surface area (TPSA) is 57.0 Å². The van der Waals surface area contributed by atoms with E-state index in [9.17, 15) is 4.79 Å². The molecule has 1 amide bonds. The van der Waals surface area contributed by atoms with Crippen LogP contribution in [0.2, 0.25) is 0 Å². The van der Waals surface area contributed by atoms with Crippen molar-refractivity contribution in [1.29, 1.82) is 5.26 Å². The smallest absolute Gasteiger partial charge is 0.242 e. The lowest BCUT2D eigenvalue weighted by Crippen LogP contribution is -2.38. The van der Waals surface area contributed by atoms with E-state index in [1.807, 2.05) is 19.2 Å². The van der Waals surface area contributed by atoms with E-state index in [1.165, 1.54) is 0 Å². The summed E-state index contributed by atoms with van der Waals surface area (Å²) in [4.78, 5) is 18.0. The Morgan fingerprint density at radius 1 is 1.71 bits per heavy atom. The van der Waals surface area contributed by atoms with Gasteiger partial charge in [-0.15, -0.1) is 11.3 Å². The molecule has 0 saturated heterocycles. The Labute approximate surface area is 106 Å². The SMILES string of the molecule is CCC(C)(C#N)C(=O)N(C)Cc1csc(C)n1. The maximum Gasteiger partial charge on any atom is 0.242 e. The predicted molar refractivity (Wildman–Crippen MR) is 67.3 cm³/mol. The quantitative estimate of drug-likeness (QED) is 0.825. The van der Waals surface area contributed by atoms with Gasteiger partial charge in [-0.2, -0.15) is 5.26 Å².